The second-order valence-corrected chi connectivity index (χ2v) is 4.14. The van der Waals surface area contributed by atoms with Crippen LogP contribution in [0.1, 0.15) is 37.7 Å². The molecule has 1 saturated carbocycles. The third-order valence-corrected chi connectivity index (χ3v) is 3.23. The maximum Gasteiger partial charge on any atom is 0.140 e. The molecule has 0 saturated heterocycles. The highest BCUT2D eigenvalue weighted by Gasteiger charge is 2.31. The zero-order valence-corrected chi connectivity index (χ0v) is 8.57. The molecule has 74 valence electrons. The van der Waals surface area contributed by atoms with Gasteiger partial charge in [-0.2, -0.15) is 0 Å². The number of Topliss-reactive ketones (excluding diaryl/α,β-unsaturated/α-hetero) is 1. The largest absolute Gasteiger partial charge is 0.299 e. The Kier molecular flexibility index (Phi) is 2.67. The fraction of sp³-hybridized carbons (Fsp3) is 0.462. The van der Waals surface area contributed by atoms with E-state index >= 15 is 0 Å². The van der Waals surface area contributed by atoms with Gasteiger partial charge in [-0.05, 0) is 17.9 Å². The lowest BCUT2D eigenvalue weighted by Crippen LogP contribution is -2.03. The number of hydrogen-bond donors (Lipinski definition) is 0. The predicted octanol–water partition coefficient (Wildman–Crippen LogP) is 3.16. The van der Waals surface area contributed by atoms with Gasteiger partial charge in [0, 0.05) is 12.3 Å². The maximum absolute atomic E-state index is 11.7. The van der Waals surface area contributed by atoms with Gasteiger partial charge >= 0.3 is 0 Å². The Bertz CT molecular complexity index is 315. The number of ketones is 1. The van der Waals surface area contributed by atoms with Crippen LogP contribution in [0, 0.1) is 5.92 Å². The van der Waals surface area contributed by atoms with Crippen LogP contribution in [0.5, 0.6) is 0 Å². The molecular formula is C13H16O. The lowest BCUT2D eigenvalue weighted by molar-refractivity contribution is -0.118. The van der Waals surface area contributed by atoms with Crippen LogP contribution in [0.4, 0.5) is 0 Å². The molecule has 1 aromatic rings. The van der Waals surface area contributed by atoms with Crippen molar-refractivity contribution in [1.29, 1.82) is 0 Å². The summed E-state index contributed by atoms with van der Waals surface area (Å²) in [6.07, 6.45) is 2.98. The van der Waals surface area contributed by atoms with Crippen molar-refractivity contribution in [2.75, 3.05) is 0 Å². The van der Waals surface area contributed by atoms with Crippen LogP contribution in [0.2, 0.25) is 0 Å². The fourth-order valence-electron chi connectivity index (χ4n) is 2.29. The van der Waals surface area contributed by atoms with Crippen molar-refractivity contribution in [1.82, 2.24) is 0 Å². The van der Waals surface area contributed by atoms with Crippen molar-refractivity contribution in [3.63, 3.8) is 0 Å². The minimum Gasteiger partial charge on any atom is -0.299 e. The van der Waals surface area contributed by atoms with Crippen LogP contribution < -0.4 is 0 Å². The van der Waals surface area contributed by atoms with Gasteiger partial charge in [0.2, 0.25) is 0 Å². The van der Waals surface area contributed by atoms with Crippen molar-refractivity contribution < 1.29 is 4.79 Å². The minimum atomic E-state index is 0.182. The van der Waals surface area contributed by atoms with E-state index in [9.17, 15) is 4.79 Å². The molecule has 2 rings (SSSR count). The van der Waals surface area contributed by atoms with Gasteiger partial charge in [0.1, 0.15) is 5.78 Å². The topological polar surface area (TPSA) is 17.1 Å². The highest BCUT2D eigenvalue weighted by atomic mass is 16.1. The van der Waals surface area contributed by atoms with Gasteiger partial charge in [0.05, 0.1) is 0 Å². The molecule has 0 spiro atoms. The Labute approximate surface area is 85.1 Å². The molecule has 0 aromatic heterocycles. The molecule has 0 unspecified atom stereocenters. The second kappa shape index (κ2) is 3.95. The summed E-state index contributed by atoms with van der Waals surface area (Å²) in [5.74, 6) is 1.23. The minimum absolute atomic E-state index is 0.182. The van der Waals surface area contributed by atoms with E-state index in [1.165, 1.54) is 5.56 Å². The first-order valence-electron chi connectivity index (χ1n) is 5.39. The third kappa shape index (κ3) is 1.72. The Morgan fingerprint density at radius 1 is 1.29 bits per heavy atom. The number of hydrogen-bond acceptors (Lipinski definition) is 1. The van der Waals surface area contributed by atoms with E-state index in [4.69, 9.17) is 0 Å². The van der Waals surface area contributed by atoms with E-state index in [-0.39, 0.29) is 5.92 Å². The average Bonchev–Trinajstić information content (AvgIpc) is 2.61. The zero-order chi connectivity index (χ0) is 9.97. The highest BCUT2D eigenvalue weighted by molar-refractivity contribution is 5.88. The summed E-state index contributed by atoms with van der Waals surface area (Å²) in [5, 5.41) is 0. The van der Waals surface area contributed by atoms with Crippen LogP contribution in [-0.4, -0.2) is 5.78 Å². The molecule has 0 bridgehead atoms. The molecule has 0 radical (unpaired) electrons. The van der Waals surface area contributed by atoms with Crippen LogP contribution in [-0.2, 0) is 4.79 Å². The first kappa shape index (κ1) is 9.45. The number of carbonyl (C=O) groups excluding carboxylic acids is 1. The SMILES string of the molecule is CC[C@@H]1CC(=O)[C@@H](c2ccccc2)C1. The first-order chi connectivity index (χ1) is 6.81. The number of carbonyl (C=O) groups is 1. The van der Waals surface area contributed by atoms with E-state index in [0.717, 1.165) is 19.3 Å². The Morgan fingerprint density at radius 3 is 2.57 bits per heavy atom. The maximum atomic E-state index is 11.7. The molecule has 1 fully saturated rings. The lowest BCUT2D eigenvalue weighted by atomic mass is 9.95. The van der Waals surface area contributed by atoms with Crippen LogP contribution in [0.25, 0.3) is 0 Å². The van der Waals surface area contributed by atoms with E-state index in [1.807, 2.05) is 18.2 Å². The standard InChI is InChI=1S/C13H16O/c1-2-10-8-12(13(14)9-10)11-6-4-3-5-7-11/h3-7,10,12H,2,8-9H2,1H3/t10-,12+/m0/s1. The first-order valence-corrected chi connectivity index (χ1v) is 5.39. The summed E-state index contributed by atoms with van der Waals surface area (Å²) < 4.78 is 0. The van der Waals surface area contributed by atoms with Gasteiger partial charge < -0.3 is 0 Å². The normalized spacial score (nSPS) is 26.8. The molecule has 0 heterocycles. The number of rotatable bonds is 2. The lowest BCUT2D eigenvalue weighted by Gasteiger charge is -2.08. The van der Waals surface area contributed by atoms with Crippen LogP contribution in [0.3, 0.4) is 0 Å². The highest BCUT2D eigenvalue weighted by Crippen LogP contribution is 2.36. The quantitative estimate of drug-likeness (QED) is 0.696. The molecule has 0 amide bonds. The molecule has 0 aliphatic heterocycles. The van der Waals surface area contributed by atoms with Gasteiger partial charge in [-0.1, -0.05) is 43.7 Å². The van der Waals surface area contributed by atoms with Crippen molar-refractivity contribution in [2.45, 2.75) is 32.1 Å². The van der Waals surface area contributed by atoms with Crippen molar-refractivity contribution in [3.8, 4) is 0 Å². The van der Waals surface area contributed by atoms with E-state index in [2.05, 4.69) is 19.1 Å². The summed E-state index contributed by atoms with van der Waals surface area (Å²) >= 11 is 0. The predicted molar refractivity (Wildman–Crippen MR) is 57.2 cm³/mol. The Hall–Kier alpha value is -1.11. The number of benzene rings is 1. The fourth-order valence-corrected chi connectivity index (χ4v) is 2.29. The molecular weight excluding hydrogens is 172 g/mol. The van der Waals surface area contributed by atoms with Crippen LogP contribution >= 0.6 is 0 Å². The summed E-state index contributed by atoms with van der Waals surface area (Å²) in [5.41, 5.74) is 1.20. The Balaban J connectivity index is 2.17. The molecule has 14 heavy (non-hydrogen) atoms. The van der Waals surface area contributed by atoms with Gasteiger partial charge in [-0.3, -0.25) is 4.79 Å². The smallest absolute Gasteiger partial charge is 0.140 e. The summed E-state index contributed by atoms with van der Waals surface area (Å²) in [7, 11) is 0. The Morgan fingerprint density at radius 2 is 2.00 bits per heavy atom. The molecule has 2 atom stereocenters. The molecule has 1 aromatic carbocycles. The van der Waals surface area contributed by atoms with Crippen molar-refractivity contribution in [3.05, 3.63) is 35.9 Å². The average molecular weight is 188 g/mol. The van der Waals surface area contributed by atoms with Crippen molar-refractivity contribution >= 4 is 5.78 Å². The van der Waals surface area contributed by atoms with E-state index < -0.39 is 0 Å². The van der Waals surface area contributed by atoms with E-state index in [1.54, 1.807) is 0 Å². The molecule has 1 aliphatic carbocycles. The molecule has 1 aliphatic rings. The van der Waals surface area contributed by atoms with E-state index in [0.29, 0.717) is 11.7 Å². The van der Waals surface area contributed by atoms with Gasteiger partial charge in [-0.15, -0.1) is 0 Å². The van der Waals surface area contributed by atoms with Gasteiger partial charge in [-0.25, -0.2) is 0 Å². The summed E-state index contributed by atoms with van der Waals surface area (Å²) in [6.45, 7) is 2.17. The van der Waals surface area contributed by atoms with Crippen molar-refractivity contribution in [2.24, 2.45) is 5.92 Å². The monoisotopic (exact) mass is 188 g/mol. The molecule has 1 heteroatoms. The molecule has 0 N–H and O–H groups in total. The zero-order valence-electron chi connectivity index (χ0n) is 8.57. The van der Waals surface area contributed by atoms with Gasteiger partial charge in [0.15, 0.2) is 0 Å². The summed E-state index contributed by atoms with van der Waals surface area (Å²) in [4.78, 5) is 11.7. The van der Waals surface area contributed by atoms with Gasteiger partial charge in [0.25, 0.3) is 0 Å². The summed E-state index contributed by atoms with van der Waals surface area (Å²) in [6, 6.07) is 10.2. The second-order valence-electron chi connectivity index (χ2n) is 4.14. The van der Waals surface area contributed by atoms with Crippen LogP contribution in [0.15, 0.2) is 30.3 Å². The molecule has 1 nitrogen and oxygen atoms in total. The third-order valence-electron chi connectivity index (χ3n) is 3.23.